The number of alkyl carbamates (subject to hydrolysis) is 1. The molecule has 9 rings (SSSR count). The Kier molecular flexibility index (Phi) is 22.4. The lowest BCUT2D eigenvalue weighted by Gasteiger charge is -2.43. The number of ketones is 2. The molecule has 2 aliphatic carbocycles. The van der Waals surface area contributed by atoms with Gasteiger partial charge < -0.3 is 55.5 Å². The van der Waals surface area contributed by atoms with Gasteiger partial charge in [0.15, 0.2) is 11.6 Å². The SMILES string of the molecule is CC1(C)S[C@@H]2[C@H](CC(=O)[C@H](N)c3ccc(O)cc3)C(=O)N2[C@H]1C(=O)O.CC1(C)S[C@@H]2[C@H](CC(=O)[C@H](NC(=O)OC3/C=C/CCCCC3)c3ccc(O)cc3)C(=O)N2[C@H]1C(=O)O.O=C(Oc1ccc([N+](=O)[O-])cc1)OC1/C=C/CCCCC1.[2H]CF. The predicted octanol–water partition coefficient (Wildman–Crippen LogP) is 9.47. The van der Waals surface area contributed by atoms with Gasteiger partial charge in [0.25, 0.3) is 5.69 Å². The first-order valence-corrected chi connectivity index (χ1v) is 29.2. The molecule has 3 aromatic rings. The van der Waals surface area contributed by atoms with Crippen molar-refractivity contribution in [1.29, 1.82) is 0 Å². The number of halogens is 1. The number of nitrogens with one attached hydrogen (secondary N) is 1. The maximum absolute atomic E-state index is 13.4. The second kappa shape index (κ2) is 29.3. The zero-order valence-electron chi connectivity index (χ0n) is 47.9. The molecule has 4 fully saturated rings. The molecule has 0 aromatic heterocycles. The van der Waals surface area contributed by atoms with E-state index in [1.54, 1.807) is 39.8 Å². The van der Waals surface area contributed by atoms with Gasteiger partial charge >= 0.3 is 24.2 Å². The number of benzene rings is 3. The monoisotopic (exact) mass is 1210 g/mol. The van der Waals surface area contributed by atoms with Crippen LogP contribution >= 0.6 is 23.5 Å². The van der Waals surface area contributed by atoms with Crippen LogP contribution in [0.2, 0.25) is 0 Å². The number of carboxylic acid groups (broad SMARTS) is 2. The van der Waals surface area contributed by atoms with Gasteiger partial charge in [-0.25, -0.2) is 19.2 Å². The zero-order chi connectivity index (χ0) is 62.3. The molecule has 3 amide bonds. The average Bonchev–Trinajstić information content (AvgIpc) is 1.72. The van der Waals surface area contributed by atoms with Crippen LogP contribution in [0.1, 0.15) is 129 Å². The lowest BCUT2D eigenvalue weighted by atomic mass is 9.86. The molecule has 25 heteroatoms. The third-order valence-corrected chi connectivity index (χ3v) is 18.3. The standard InChI is InChI=1S/C26H32N2O7S.C17H20N2O5S.C15H17NO5.CH3F/c1-26(2)21(24(32)33)28-22(31)18(23(28)36-26)14-19(30)20(15-10-12-16(29)13-11-15)27-25(34)35-17-8-6-4-3-5-7-9-17;1-17(2)13(16(23)24)19-14(22)10(15(19)25-17)7-11(21)12(18)8-3-5-9(20)6-4-8;17-15(20-13-6-4-2-1-3-5-7-13)21-14-10-8-12(9-11-14)16(18)19;1-2/h6,8,10-13,17-18,20-21,23,29H,3-5,7,9,14H2,1-2H3,(H,27,34)(H,32,33);3-6,10,12-13,15,20H,7,18H2,1-2H3,(H,23,24);4,6,8-11,13H,1-3,5,7H2;1H3/b8-6+;;6-4+;/t17?,18-,20-,21+,23-;10-,12-,13+,15-;;/m11../s1/i;;;1D. The topological polar surface area (TPSA) is 333 Å². The van der Waals surface area contributed by atoms with E-state index in [-0.39, 0.29) is 76.7 Å². The number of carboxylic acids is 2. The molecular weight excluding hydrogens is 1130 g/mol. The van der Waals surface area contributed by atoms with Crippen molar-refractivity contribution >= 4 is 76.8 Å². The van der Waals surface area contributed by atoms with Crippen molar-refractivity contribution in [2.45, 2.75) is 161 Å². The van der Waals surface area contributed by atoms with E-state index in [9.17, 15) is 73.3 Å². The highest BCUT2D eigenvalue weighted by atomic mass is 32.2. The number of allylic oxidation sites excluding steroid dienone is 2. The summed E-state index contributed by atoms with van der Waals surface area (Å²) < 4.78 is 30.0. The molecule has 0 spiro atoms. The van der Waals surface area contributed by atoms with E-state index in [2.05, 4.69) is 5.32 Å². The number of non-ortho nitro benzene ring substituents is 1. The van der Waals surface area contributed by atoms with Crippen LogP contribution in [-0.4, -0.2) is 134 Å². The Bertz CT molecular complexity index is 2950. The van der Waals surface area contributed by atoms with Crippen LogP contribution < -0.4 is 15.8 Å². The van der Waals surface area contributed by atoms with E-state index < -0.39 is 87.1 Å². The first-order valence-electron chi connectivity index (χ1n) is 28.1. The maximum Gasteiger partial charge on any atom is 0.514 e. The van der Waals surface area contributed by atoms with Crippen LogP contribution in [0.5, 0.6) is 17.2 Å². The number of alkyl halides is 1. The summed E-state index contributed by atoms with van der Waals surface area (Å²) in [6.07, 6.45) is 15.3. The Morgan fingerprint density at radius 3 is 1.61 bits per heavy atom. The van der Waals surface area contributed by atoms with Crippen LogP contribution in [-0.2, 0) is 38.2 Å². The zero-order valence-corrected chi connectivity index (χ0v) is 48.5. The average molecular weight is 1210 g/mol. The summed E-state index contributed by atoms with van der Waals surface area (Å²) in [7, 11) is -1.00. The number of aromatic hydroxyl groups is 2. The lowest BCUT2D eigenvalue weighted by molar-refractivity contribution is -0.384. The number of β-lactam (4-membered cyclic amide) rings is 2. The van der Waals surface area contributed by atoms with Gasteiger partial charge in [0, 0.05) is 34.5 Å². The molecule has 4 saturated heterocycles. The van der Waals surface area contributed by atoms with Crippen molar-refractivity contribution in [1.82, 2.24) is 15.1 Å². The number of nitro benzene ring substituents is 1. The summed E-state index contributed by atoms with van der Waals surface area (Å²) in [4.78, 5) is 112. The van der Waals surface area contributed by atoms with E-state index in [0.717, 1.165) is 57.8 Å². The number of aliphatic carboxylic acids is 2. The van der Waals surface area contributed by atoms with E-state index >= 15 is 0 Å². The van der Waals surface area contributed by atoms with Crippen molar-refractivity contribution < 1.29 is 83.7 Å². The smallest absolute Gasteiger partial charge is 0.508 e. The number of carbonyl (C=O) groups excluding carboxylic acids is 6. The van der Waals surface area contributed by atoms with Gasteiger partial charge in [0.2, 0.25) is 11.8 Å². The molecule has 2 unspecified atom stereocenters. The van der Waals surface area contributed by atoms with Crippen molar-refractivity contribution in [3.63, 3.8) is 0 Å². The van der Waals surface area contributed by atoms with Gasteiger partial charge in [-0.1, -0.05) is 49.3 Å². The summed E-state index contributed by atoms with van der Waals surface area (Å²) in [5, 5.41) is 50.5. The summed E-state index contributed by atoms with van der Waals surface area (Å²) in [6.45, 7) is 7.15. The minimum Gasteiger partial charge on any atom is -0.508 e. The minimum atomic E-state index is -1.08. The Balaban J connectivity index is 0.000000208. The fraction of sp³-hybridized carbons (Fsp3) is 0.492. The number of phenols is 2. The Morgan fingerprint density at radius 2 is 1.15 bits per heavy atom. The van der Waals surface area contributed by atoms with E-state index in [4.69, 9.17) is 21.3 Å². The van der Waals surface area contributed by atoms with E-state index in [0.29, 0.717) is 17.5 Å². The number of Topliss-reactive ketones (excluding diaryl/α,β-unsaturated/α-hetero) is 2. The molecule has 7 N–H and O–H groups in total. The number of ether oxygens (including phenoxy) is 3. The van der Waals surface area contributed by atoms with Gasteiger partial charge in [-0.05, 0) is 139 Å². The second-order valence-electron chi connectivity index (χ2n) is 21.8. The number of nitro groups is 1. The molecule has 6 aliphatic rings. The molecule has 0 bridgehead atoms. The molecule has 4 heterocycles. The number of rotatable bonds is 15. The Hall–Kier alpha value is -7.51. The van der Waals surface area contributed by atoms with Crippen LogP contribution in [0.3, 0.4) is 0 Å². The number of hydrogen-bond acceptors (Lipinski definition) is 18. The van der Waals surface area contributed by atoms with Crippen molar-refractivity contribution in [2.24, 2.45) is 17.6 Å². The van der Waals surface area contributed by atoms with Crippen LogP contribution in [0.15, 0.2) is 97.1 Å². The molecule has 0 radical (unpaired) electrons. The Morgan fingerprint density at radius 1 is 0.714 bits per heavy atom. The normalized spacial score (nSPS) is 25.9. The largest absolute Gasteiger partial charge is 0.514 e. The Labute approximate surface area is 495 Å². The lowest BCUT2D eigenvalue weighted by Crippen LogP contribution is -2.63. The van der Waals surface area contributed by atoms with Gasteiger partial charge in [0.1, 0.15) is 47.6 Å². The predicted molar refractivity (Wildman–Crippen MR) is 308 cm³/mol. The highest BCUT2D eigenvalue weighted by Crippen LogP contribution is 2.55. The van der Waals surface area contributed by atoms with Crippen molar-refractivity contribution in [3.05, 3.63) is 118 Å². The van der Waals surface area contributed by atoms with Gasteiger partial charge in [-0.2, -0.15) is 0 Å². The van der Waals surface area contributed by atoms with Crippen LogP contribution in [0, 0.1) is 22.0 Å². The molecule has 3 aromatic carbocycles. The quantitative estimate of drug-likeness (QED) is 0.0206. The summed E-state index contributed by atoms with van der Waals surface area (Å²) in [5.74, 6) is -4.32. The van der Waals surface area contributed by atoms with Crippen molar-refractivity contribution in [3.8, 4) is 17.2 Å². The van der Waals surface area contributed by atoms with Crippen LogP contribution in [0.25, 0.3) is 0 Å². The molecule has 4 aliphatic heterocycles. The summed E-state index contributed by atoms with van der Waals surface area (Å²) in [5.41, 5.74) is 6.93. The molecule has 454 valence electrons. The summed E-state index contributed by atoms with van der Waals surface area (Å²) in [6, 6.07) is 13.5. The maximum atomic E-state index is 13.4. The number of hydrogen-bond donors (Lipinski definition) is 6. The number of nitrogens with zero attached hydrogens (tertiary/aromatic N) is 3. The molecule has 0 saturated carbocycles. The highest BCUT2D eigenvalue weighted by molar-refractivity contribution is 8.02. The number of amides is 3. The van der Waals surface area contributed by atoms with Crippen LogP contribution in [0.4, 0.5) is 19.7 Å². The number of fused-ring (bicyclic) bond motifs is 2. The van der Waals surface area contributed by atoms with E-state index in [1.807, 2.05) is 24.3 Å². The molecule has 10 atom stereocenters. The minimum absolute atomic E-state index is 0.0151. The first-order chi connectivity index (χ1) is 40.3. The molecular formula is C59H72FN5O17S2. The van der Waals surface area contributed by atoms with Gasteiger partial charge in [0.05, 0.1) is 42.1 Å². The summed E-state index contributed by atoms with van der Waals surface area (Å²) >= 11 is 2.79. The number of thioether (sulfide) groups is 2. The fourth-order valence-corrected chi connectivity index (χ4v) is 14.1. The van der Waals surface area contributed by atoms with Gasteiger partial charge in [-0.3, -0.25) is 33.7 Å². The number of carbonyl (C=O) groups is 8. The number of nitrogens with two attached hydrogens (primary N) is 1. The third-order valence-electron chi connectivity index (χ3n) is 15.0. The second-order valence-corrected chi connectivity index (χ2v) is 25.4. The highest BCUT2D eigenvalue weighted by Gasteiger charge is 2.65. The first kappa shape index (κ1) is 64.1. The van der Waals surface area contributed by atoms with E-state index in [1.165, 1.54) is 94.0 Å². The van der Waals surface area contributed by atoms with Crippen molar-refractivity contribution in [2.75, 3.05) is 7.15 Å². The number of phenolic OH excluding ortho intramolecular Hbond substituents is 2. The fourth-order valence-electron chi connectivity index (χ4n) is 10.7. The van der Waals surface area contributed by atoms with Gasteiger partial charge in [-0.15, -0.1) is 23.5 Å². The molecule has 84 heavy (non-hydrogen) atoms. The third kappa shape index (κ3) is 16.4. The molecule has 22 nitrogen and oxygen atoms in total.